The number of halogens is 1. The van der Waals surface area contributed by atoms with Crippen LogP contribution in [0.25, 0.3) is 0 Å². The second-order valence-corrected chi connectivity index (χ2v) is 7.83. The maximum absolute atomic E-state index is 13.6. The normalized spacial score (nSPS) is 12.1. The lowest BCUT2D eigenvalue weighted by Crippen LogP contribution is -2.45. The number of ether oxygens (including phenoxy) is 1. The molecule has 0 aliphatic rings. The summed E-state index contributed by atoms with van der Waals surface area (Å²) in [5, 5.41) is 2.55. The molecule has 0 aliphatic carbocycles. The molecule has 28 heavy (non-hydrogen) atoms. The van der Waals surface area contributed by atoms with Crippen LogP contribution in [0.5, 0.6) is 0 Å². The molecule has 2 aromatic rings. The number of anilines is 2. The molecule has 0 bridgehead atoms. The first-order valence-corrected chi connectivity index (χ1v) is 10.3. The lowest BCUT2D eigenvalue weighted by molar-refractivity contribution is -0.116. The molecule has 2 aromatic carbocycles. The van der Waals surface area contributed by atoms with Crippen LogP contribution >= 0.6 is 0 Å². The Hall–Kier alpha value is -2.94. The van der Waals surface area contributed by atoms with Crippen molar-refractivity contribution in [1.29, 1.82) is 0 Å². The molecular formula is C19H21FN2O5S. The molecule has 9 heteroatoms. The standard InChI is InChI=1S/C19H21FN2O5S/c1-4-27-19(24)16-10-5-6-11-17(16)21-18(23)13(2)22(28(3,25)26)15-9-7-8-14(20)12-15/h5-13H,4H2,1-3H3,(H,21,23)/t13-/m1/s1. The summed E-state index contributed by atoms with van der Waals surface area (Å²) >= 11 is 0. The van der Waals surface area contributed by atoms with Gasteiger partial charge in [-0.15, -0.1) is 0 Å². The first-order valence-electron chi connectivity index (χ1n) is 8.47. The molecule has 150 valence electrons. The fourth-order valence-electron chi connectivity index (χ4n) is 2.64. The Bertz CT molecular complexity index is 978. The van der Waals surface area contributed by atoms with E-state index in [4.69, 9.17) is 4.74 Å². The molecule has 0 saturated heterocycles. The zero-order valence-electron chi connectivity index (χ0n) is 15.7. The fourth-order valence-corrected chi connectivity index (χ4v) is 3.80. The Balaban J connectivity index is 2.34. The van der Waals surface area contributed by atoms with Gasteiger partial charge in [-0.3, -0.25) is 9.10 Å². The number of para-hydroxylation sites is 1. The van der Waals surface area contributed by atoms with Crippen LogP contribution in [0.4, 0.5) is 15.8 Å². The van der Waals surface area contributed by atoms with E-state index in [9.17, 15) is 22.4 Å². The number of carbonyl (C=O) groups excluding carboxylic acids is 2. The summed E-state index contributed by atoms with van der Waals surface area (Å²) in [6.07, 6.45) is 0.925. The molecule has 0 aromatic heterocycles. The molecular weight excluding hydrogens is 387 g/mol. The Labute approximate surface area is 163 Å². The number of nitrogens with zero attached hydrogens (tertiary/aromatic N) is 1. The molecule has 2 rings (SSSR count). The first kappa shape index (κ1) is 21.4. The minimum Gasteiger partial charge on any atom is -0.462 e. The predicted octanol–water partition coefficient (Wildman–Crippen LogP) is 2.80. The van der Waals surface area contributed by atoms with Gasteiger partial charge in [0.25, 0.3) is 0 Å². The van der Waals surface area contributed by atoms with E-state index in [1.54, 1.807) is 19.1 Å². The summed E-state index contributed by atoms with van der Waals surface area (Å²) in [6.45, 7) is 3.19. The van der Waals surface area contributed by atoms with Crippen molar-refractivity contribution in [2.24, 2.45) is 0 Å². The van der Waals surface area contributed by atoms with Crippen molar-refractivity contribution in [2.75, 3.05) is 22.5 Å². The summed E-state index contributed by atoms with van der Waals surface area (Å²) in [5.41, 5.74) is 0.343. The van der Waals surface area contributed by atoms with Crippen molar-refractivity contribution in [1.82, 2.24) is 0 Å². The number of hydrogen-bond donors (Lipinski definition) is 1. The number of amides is 1. The molecule has 0 saturated carbocycles. The Morgan fingerprint density at radius 1 is 1.18 bits per heavy atom. The Morgan fingerprint density at radius 3 is 2.46 bits per heavy atom. The SMILES string of the molecule is CCOC(=O)c1ccccc1NC(=O)[C@@H](C)N(c1cccc(F)c1)S(C)(=O)=O. The lowest BCUT2D eigenvalue weighted by Gasteiger charge is -2.28. The zero-order chi connectivity index (χ0) is 20.9. The van der Waals surface area contributed by atoms with Crippen molar-refractivity contribution >= 4 is 33.3 Å². The van der Waals surface area contributed by atoms with Gasteiger partial charge in [0.05, 0.1) is 29.8 Å². The van der Waals surface area contributed by atoms with E-state index >= 15 is 0 Å². The van der Waals surface area contributed by atoms with Gasteiger partial charge in [0.1, 0.15) is 11.9 Å². The number of esters is 1. The minimum atomic E-state index is -3.89. The van der Waals surface area contributed by atoms with Gasteiger partial charge in [-0.2, -0.15) is 0 Å². The average molecular weight is 408 g/mol. The second-order valence-electron chi connectivity index (χ2n) is 5.97. The summed E-state index contributed by atoms with van der Waals surface area (Å²) in [7, 11) is -3.89. The lowest BCUT2D eigenvalue weighted by atomic mass is 10.1. The van der Waals surface area contributed by atoms with E-state index < -0.39 is 33.8 Å². The third-order valence-corrected chi connectivity index (χ3v) is 5.07. The second kappa shape index (κ2) is 8.83. The van der Waals surface area contributed by atoms with Crippen molar-refractivity contribution in [3.63, 3.8) is 0 Å². The Kier molecular flexibility index (Phi) is 6.74. The fraction of sp³-hybridized carbons (Fsp3) is 0.263. The van der Waals surface area contributed by atoms with Crippen LogP contribution in [-0.2, 0) is 19.6 Å². The van der Waals surface area contributed by atoms with Crippen molar-refractivity contribution in [3.8, 4) is 0 Å². The van der Waals surface area contributed by atoms with Crippen LogP contribution in [0, 0.1) is 5.82 Å². The molecule has 1 atom stereocenters. The third kappa shape index (κ3) is 5.07. The van der Waals surface area contributed by atoms with E-state index in [1.807, 2.05) is 0 Å². The van der Waals surface area contributed by atoms with Crippen molar-refractivity contribution in [2.45, 2.75) is 19.9 Å². The van der Waals surface area contributed by atoms with Gasteiger partial charge in [-0.25, -0.2) is 17.6 Å². The van der Waals surface area contributed by atoms with Gasteiger partial charge in [0, 0.05) is 0 Å². The molecule has 0 heterocycles. The van der Waals surface area contributed by atoms with Crippen LogP contribution in [0.2, 0.25) is 0 Å². The highest BCUT2D eigenvalue weighted by Crippen LogP contribution is 2.23. The van der Waals surface area contributed by atoms with Crippen LogP contribution < -0.4 is 9.62 Å². The van der Waals surface area contributed by atoms with Gasteiger partial charge in [-0.05, 0) is 44.2 Å². The van der Waals surface area contributed by atoms with Gasteiger partial charge in [-0.1, -0.05) is 18.2 Å². The highest BCUT2D eigenvalue weighted by molar-refractivity contribution is 7.92. The van der Waals surface area contributed by atoms with Crippen LogP contribution in [0.3, 0.4) is 0 Å². The quantitative estimate of drug-likeness (QED) is 0.711. The monoisotopic (exact) mass is 408 g/mol. The van der Waals surface area contributed by atoms with Gasteiger partial charge < -0.3 is 10.1 Å². The van der Waals surface area contributed by atoms with Gasteiger partial charge in [0.15, 0.2) is 0 Å². The molecule has 7 nitrogen and oxygen atoms in total. The number of rotatable bonds is 7. The topological polar surface area (TPSA) is 92.8 Å². The average Bonchev–Trinajstić information content (AvgIpc) is 2.61. The highest BCUT2D eigenvalue weighted by Gasteiger charge is 2.30. The van der Waals surface area contributed by atoms with E-state index in [-0.39, 0.29) is 23.5 Å². The number of sulfonamides is 1. The maximum atomic E-state index is 13.6. The van der Waals surface area contributed by atoms with Crippen molar-refractivity contribution in [3.05, 3.63) is 59.9 Å². The van der Waals surface area contributed by atoms with Gasteiger partial charge >= 0.3 is 5.97 Å². The number of carbonyl (C=O) groups is 2. The number of benzene rings is 2. The highest BCUT2D eigenvalue weighted by atomic mass is 32.2. The van der Waals surface area contributed by atoms with Gasteiger partial charge in [0.2, 0.25) is 15.9 Å². The minimum absolute atomic E-state index is 0.0174. The molecule has 0 unspecified atom stereocenters. The van der Waals surface area contributed by atoms with Crippen LogP contribution in [-0.4, -0.2) is 39.2 Å². The third-order valence-electron chi connectivity index (χ3n) is 3.83. The Morgan fingerprint density at radius 2 is 1.86 bits per heavy atom. The van der Waals surface area contributed by atoms with Crippen LogP contribution in [0.1, 0.15) is 24.2 Å². The predicted molar refractivity (Wildman–Crippen MR) is 104 cm³/mol. The number of nitrogens with one attached hydrogen (secondary N) is 1. The smallest absolute Gasteiger partial charge is 0.340 e. The number of hydrogen-bond acceptors (Lipinski definition) is 5. The zero-order valence-corrected chi connectivity index (χ0v) is 16.5. The molecule has 1 amide bonds. The van der Waals surface area contributed by atoms with E-state index in [0.717, 1.165) is 16.6 Å². The molecule has 0 radical (unpaired) electrons. The molecule has 0 spiro atoms. The summed E-state index contributed by atoms with van der Waals surface area (Å²) in [5.74, 6) is -1.94. The van der Waals surface area contributed by atoms with E-state index in [1.165, 1.54) is 37.3 Å². The molecule has 1 N–H and O–H groups in total. The van der Waals surface area contributed by atoms with Crippen LogP contribution in [0.15, 0.2) is 48.5 Å². The largest absolute Gasteiger partial charge is 0.462 e. The van der Waals surface area contributed by atoms with Crippen molar-refractivity contribution < 1.29 is 27.1 Å². The first-order chi connectivity index (χ1) is 13.1. The van der Waals surface area contributed by atoms with E-state index in [0.29, 0.717) is 0 Å². The summed E-state index contributed by atoms with van der Waals surface area (Å²) < 4.78 is 43.8. The molecule has 0 fully saturated rings. The maximum Gasteiger partial charge on any atom is 0.340 e. The summed E-state index contributed by atoms with van der Waals surface area (Å²) in [6, 6.07) is 9.95. The molecule has 0 aliphatic heterocycles. The summed E-state index contributed by atoms with van der Waals surface area (Å²) in [4.78, 5) is 24.8. The van der Waals surface area contributed by atoms with E-state index in [2.05, 4.69) is 5.32 Å².